The fraction of sp³-hybridized carbons (Fsp3) is 1.00. The van der Waals surface area contributed by atoms with E-state index in [4.69, 9.17) is 9.47 Å². The van der Waals surface area contributed by atoms with Gasteiger partial charge in [0.2, 0.25) is 0 Å². The molecule has 0 aliphatic carbocycles. The van der Waals surface area contributed by atoms with Gasteiger partial charge in [0.15, 0.2) is 0 Å². The number of rotatable bonds is 26. The topological polar surface area (TPSA) is 24.9 Å². The molecule has 0 aromatic rings. The molecule has 0 spiro atoms. The number of hydrogen-bond donors (Lipinski definition) is 0. The molecule has 236 valence electrons. The Morgan fingerprint density at radius 1 is 0.462 bits per heavy atom. The molecule has 2 aliphatic rings. The Hall–Kier alpha value is 0.420. The maximum Gasteiger partial charge on any atom is 0.0569 e. The summed E-state index contributed by atoms with van der Waals surface area (Å²) >= 11 is 0. The van der Waals surface area contributed by atoms with Crippen molar-refractivity contribution in [3.8, 4) is 0 Å². The molecule has 0 atom stereocenters. The second-order valence-corrected chi connectivity index (χ2v) is 12.5. The number of likely N-dealkylation sites (tertiary alicyclic amines) is 2. The van der Waals surface area contributed by atoms with Crippen LogP contribution in [0.1, 0.15) is 142 Å². The lowest BCUT2D eigenvalue weighted by atomic mass is 9.88. The van der Waals surface area contributed by atoms with Crippen LogP contribution in [0.15, 0.2) is 0 Å². The first-order chi connectivity index (χ1) is 18.3. The Labute approximate surface area is 256 Å². The average molecular weight is 596 g/mol. The molecular formula is C33H68Cl2N2O2. The molecule has 4 nitrogen and oxygen atoms in total. The van der Waals surface area contributed by atoms with Gasteiger partial charge >= 0.3 is 0 Å². The van der Waals surface area contributed by atoms with E-state index in [1.54, 1.807) is 0 Å². The van der Waals surface area contributed by atoms with Gasteiger partial charge in [0.05, 0.1) is 13.2 Å². The van der Waals surface area contributed by atoms with Gasteiger partial charge in [0.25, 0.3) is 0 Å². The zero-order chi connectivity index (χ0) is 26.3. The van der Waals surface area contributed by atoms with Crippen molar-refractivity contribution in [3.63, 3.8) is 0 Å². The fourth-order valence-electron chi connectivity index (χ4n) is 6.36. The summed E-state index contributed by atoms with van der Waals surface area (Å²) in [7, 11) is 0. The van der Waals surface area contributed by atoms with Crippen molar-refractivity contribution in [2.45, 2.75) is 142 Å². The Kier molecular flexibility index (Phi) is 27.6. The van der Waals surface area contributed by atoms with Crippen molar-refractivity contribution in [2.75, 3.05) is 65.7 Å². The fourth-order valence-corrected chi connectivity index (χ4v) is 6.36. The normalized spacial score (nSPS) is 16.5. The van der Waals surface area contributed by atoms with Gasteiger partial charge in [-0.25, -0.2) is 0 Å². The van der Waals surface area contributed by atoms with E-state index in [1.165, 1.54) is 155 Å². The highest BCUT2D eigenvalue weighted by Crippen LogP contribution is 2.27. The molecule has 2 saturated heterocycles. The Morgan fingerprint density at radius 2 is 0.769 bits per heavy atom. The van der Waals surface area contributed by atoms with Gasteiger partial charge in [-0.15, -0.1) is 24.8 Å². The first kappa shape index (κ1) is 39.4. The molecule has 0 radical (unpaired) electrons. The van der Waals surface area contributed by atoms with Crippen molar-refractivity contribution < 1.29 is 9.47 Å². The zero-order valence-electron chi connectivity index (χ0n) is 26.2. The number of hydrogen-bond acceptors (Lipinski definition) is 4. The number of ether oxygens (including phenoxy) is 2. The molecule has 0 N–H and O–H groups in total. The van der Waals surface area contributed by atoms with Crippen LogP contribution in [0.2, 0.25) is 0 Å². The molecular weight excluding hydrogens is 527 g/mol. The molecule has 0 amide bonds. The molecule has 0 saturated carbocycles. The largest absolute Gasteiger partial charge is 0.381 e. The van der Waals surface area contributed by atoms with Gasteiger partial charge in [0, 0.05) is 31.7 Å². The SMILES string of the molecule is CCCCCCCCCCOCC(COCCCCCCCCCC)(CN1CCCC1)CN1CCCC1.Cl.Cl. The Bertz CT molecular complexity index is 456. The van der Waals surface area contributed by atoms with Gasteiger partial charge < -0.3 is 19.3 Å². The summed E-state index contributed by atoms with van der Waals surface area (Å²) in [5.41, 5.74) is 0.120. The summed E-state index contributed by atoms with van der Waals surface area (Å²) in [6.45, 7) is 15.5. The Balaban J connectivity index is 0.00000722. The zero-order valence-corrected chi connectivity index (χ0v) is 27.9. The second kappa shape index (κ2) is 27.3. The minimum Gasteiger partial charge on any atom is -0.381 e. The molecule has 6 heteroatoms. The van der Waals surface area contributed by atoms with E-state index in [1.807, 2.05) is 0 Å². The van der Waals surface area contributed by atoms with Crippen LogP contribution in [0.5, 0.6) is 0 Å². The molecule has 2 rings (SSSR count). The third kappa shape index (κ3) is 20.0. The highest BCUT2D eigenvalue weighted by atomic mass is 35.5. The van der Waals surface area contributed by atoms with E-state index in [9.17, 15) is 0 Å². The van der Waals surface area contributed by atoms with Crippen molar-refractivity contribution in [3.05, 3.63) is 0 Å². The van der Waals surface area contributed by atoms with Crippen molar-refractivity contribution in [2.24, 2.45) is 5.41 Å². The molecule has 0 unspecified atom stereocenters. The van der Waals surface area contributed by atoms with Crippen molar-refractivity contribution >= 4 is 24.8 Å². The third-order valence-electron chi connectivity index (χ3n) is 8.62. The predicted molar refractivity (Wildman–Crippen MR) is 175 cm³/mol. The highest BCUT2D eigenvalue weighted by Gasteiger charge is 2.36. The molecule has 39 heavy (non-hydrogen) atoms. The van der Waals surface area contributed by atoms with Crippen LogP contribution < -0.4 is 0 Å². The van der Waals surface area contributed by atoms with Gasteiger partial charge in [-0.05, 0) is 64.7 Å². The van der Waals surface area contributed by atoms with Crippen LogP contribution in [-0.4, -0.2) is 75.5 Å². The van der Waals surface area contributed by atoms with Crippen molar-refractivity contribution in [1.82, 2.24) is 9.80 Å². The first-order valence-electron chi connectivity index (χ1n) is 16.9. The molecule has 2 fully saturated rings. The summed E-state index contributed by atoms with van der Waals surface area (Å²) in [5.74, 6) is 0. The number of nitrogens with zero attached hydrogens (tertiary/aromatic N) is 2. The summed E-state index contributed by atoms with van der Waals surface area (Å²) in [6.07, 6.45) is 27.2. The van der Waals surface area contributed by atoms with Gasteiger partial charge in [0.1, 0.15) is 0 Å². The van der Waals surface area contributed by atoms with Gasteiger partial charge in [-0.2, -0.15) is 0 Å². The molecule has 0 aromatic carbocycles. The summed E-state index contributed by atoms with van der Waals surface area (Å²) in [6, 6.07) is 0. The smallest absolute Gasteiger partial charge is 0.0569 e. The summed E-state index contributed by atoms with van der Waals surface area (Å²) in [4.78, 5) is 5.41. The average Bonchev–Trinajstić information content (AvgIpc) is 3.61. The van der Waals surface area contributed by atoms with E-state index < -0.39 is 0 Å². The van der Waals surface area contributed by atoms with E-state index >= 15 is 0 Å². The third-order valence-corrected chi connectivity index (χ3v) is 8.62. The van der Waals surface area contributed by atoms with Crippen molar-refractivity contribution in [1.29, 1.82) is 0 Å². The van der Waals surface area contributed by atoms with E-state index in [2.05, 4.69) is 23.6 Å². The molecule has 0 aromatic heterocycles. The maximum absolute atomic E-state index is 6.47. The lowest BCUT2D eigenvalue weighted by Gasteiger charge is -2.39. The van der Waals surface area contributed by atoms with E-state index in [0.717, 1.165) is 39.5 Å². The first-order valence-corrected chi connectivity index (χ1v) is 16.9. The van der Waals surface area contributed by atoms with E-state index in [-0.39, 0.29) is 30.2 Å². The van der Waals surface area contributed by atoms with Gasteiger partial charge in [-0.3, -0.25) is 0 Å². The van der Waals surface area contributed by atoms with Crippen LogP contribution in [-0.2, 0) is 9.47 Å². The highest BCUT2D eigenvalue weighted by molar-refractivity contribution is 5.85. The lowest BCUT2D eigenvalue weighted by Crippen LogP contribution is -2.50. The molecule has 2 heterocycles. The minimum absolute atomic E-state index is 0. The molecule has 0 bridgehead atoms. The molecule has 2 aliphatic heterocycles. The number of halogens is 2. The Morgan fingerprint density at radius 3 is 1.10 bits per heavy atom. The van der Waals surface area contributed by atoms with Crippen LogP contribution in [0.3, 0.4) is 0 Å². The van der Waals surface area contributed by atoms with E-state index in [0.29, 0.717) is 0 Å². The van der Waals surface area contributed by atoms with Gasteiger partial charge in [-0.1, -0.05) is 104 Å². The standard InChI is InChI=1S/C33H66N2O2.2ClH/c1-3-5-7-9-11-13-15-21-27-36-31-33(29-34-23-17-18-24-34,30-35-25-19-20-26-35)32-37-28-22-16-14-12-10-8-6-4-2;;/h3-32H2,1-2H3;2*1H. The van der Waals surface area contributed by atoms with Crippen LogP contribution in [0.25, 0.3) is 0 Å². The maximum atomic E-state index is 6.47. The van der Waals surface area contributed by atoms with Crippen LogP contribution in [0.4, 0.5) is 0 Å². The lowest BCUT2D eigenvalue weighted by molar-refractivity contribution is -0.0526. The minimum atomic E-state index is 0. The summed E-state index contributed by atoms with van der Waals surface area (Å²) in [5, 5.41) is 0. The number of unbranched alkanes of at least 4 members (excludes halogenated alkanes) is 14. The summed E-state index contributed by atoms with van der Waals surface area (Å²) < 4.78 is 12.9. The van der Waals surface area contributed by atoms with Crippen LogP contribution >= 0.6 is 24.8 Å². The predicted octanol–water partition coefficient (Wildman–Crippen LogP) is 9.32. The monoisotopic (exact) mass is 594 g/mol. The van der Waals surface area contributed by atoms with Crippen LogP contribution in [0, 0.1) is 5.41 Å². The second-order valence-electron chi connectivity index (χ2n) is 12.5. The quantitative estimate of drug-likeness (QED) is 0.0931.